The number of nitrogens with zero attached hydrogens (tertiary/aromatic N) is 1. The Labute approximate surface area is 196 Å². The third-order valence-corrected chi connectivity index (χ3v) is 6.09. The van der Waals surface area contributed by atoms with Gasteiger partial charge in [-0.2, -0.15) is 0 Å². The summed E-state index contributed by atoms with van der Waals surface area (Å²) in [6.45, 7) is 1.85. The number of aromatic nitrogens is 1. The topological polar surface area (TPSA) is 149 Å². The molecule has 0 spiro atoms. The van der Waals surface area contributed by atoms with E-state index in [1.54, 1.807) is 13.1 Å². The molecule has 0 aliphatic heterocycles. The highest BCUT2D eigenvalue weighted by molar-refractivity contribution is 5.92. The average Bonchev–Trinajstić information content (AvgIpc) is 3.24. The van der Waals surface area contributed by atoms with E-state index in [2.05, 4.69) is 15.6 Å². The predicted octanol–water partition coefficient (Wildman–Crippen LogP) is 1.82. The van der Waals surface area contributed by atoms with E-state index >= 15 is 0 Å². The normalized spacial score (nSPS) is 14.7. The molecule has 9 heteroatoms. The lowest BCUT2D eigenvalue weighted by Crippen LogP contribution is -2.51. The zero-order valence-corrected chi connectivity index (χ0v) is 18.8. The number of nitrogen functional groups attached to an aromatic ring is 1. The molecular weight excluding hydrogens is 434 g/mol. The number of nitrogens with one attached hydrogen (secondary N) is 2. The zero-order chi connectivity index (χ0) is 24.2. The van der Waals surface area contributed by atoms with Crippen molar-refractivity contribution in [1.29, 1.82) is 0 Å². The number of amides is 3. The van der Waals surface area contributed by atoms with Gasteiger partial charge in [0.1, 0.15) is 11.9 Å². The molecule has 1 heterocycles. The summed E-state index contributed by atoms with van der Waals surface area (Å²) in [5.41, 5.74) is 14.2. The highest BCUT2D eigenvalue weighted by Crippen LogP contribution is 2.30. The molecule has 1 aliphatic carbocycles. The standard InChI is InChI=1S/C25H27N5O4/c1-14(23(31)29-13-15-6-7-20-18(10-15)8-9-28-22(20)26)30-24(32)21(34-25(27)33)19-11-16-4-2-3-5-17(16)12-19/h2-10,14,19,21H,11-13H2,1H3,(H2,26,28)(H2,27,33)(H,29,31)(H,30,32)/t14?,21-/m1/s1. The highest BCUT2D eigenvalue weighted by atomic mass is 16.6. The molecule has 34 heavy (non-hydrogen) atoms. The highest BCUT2D eigenvalue weighted by Gasteiger charge is 2.36. The summed E-state index contributed by atoms with van der Waals surface area (Å²) >= 11 is 0. The van der Waals surface area contributed by atoms with Crippen LogP contribution in [0.25, 0.3) is 10.8 Å². The summed E-state index contributed by atoms with van der Waals surface area (Å²) in [6, 6.07) is 14.5. The van der Waals surface area contributed by atoms with E-state index < -0.39 is 24.1 Å². The van der Waals surface area contributed by atoms with E-state index in [9.17, 15) is 14.4 Å². The molecule has 6 N–H and O–H groups in total. The van der Waals surface area contributed by atoms with Gasteiger partial charge in [0.25, 0.3) is 5.91 Å². The van der Waals surface area contributed by atoms with Gasteiger partial charge in [0, 0.05) is 24.0 Å². The van der Waals surface area contributed by atoms with Crippen LogP contribution in [0.15, 0.2) is 54.7 Å². The zero-order valence-electron chi connectivity index (χ0n) is 18.8. The summed E-state index contributed by atoms with van der Waals surface area (Å²) in [5, 5.41) is 7.23. The van der Waals surface area contributed by atoms with Crippen LogP contribution in [0.3, 0.4) is 0 Å². The molecule has 0 bridgehead atoms. The third kappa shape index (κ3) is 5.09. The van der Waals surface area contributed by atoms with Gasteiger partial charge in [-0.1, -0.05) is 36.4 Å². The molecule has 0 saturated heterocycles. The van der Waals surface area contributed by atoms with Gasteiger partial charge in [-0.25, -0.2) is 9.78 Å². The number of fused-ring (bicyclic) bond motifs is 2. The van der Waals surface area contributed by atoms with Crippen LogP contribution in [-0.2, 0) is 33.7 Å². The molecule has 3 amide bonds. The summed E-state index contributed by atoms with van der Waals surface area (Å²) in [5.74, 6) is -0.717. The molecule has 0 saturated carbocycles. The summed E-state index contributed by atoms with van der Waals surface area (Å²) in [6.07, 6.45) is 0.694. The Morgan fingerprint density at radius 1 is 1.09 bits per heavy atom. The van der Waals surface area contributed by atoms with Crippen molar-refractivity contribution in [3.05, 3.63) is 71.4 Å². The molecular formula is C25H27N5O4. The molecule has 0 radical (unpaired) electrons. The smallest absolute Gasteiger partial charge is 0.405 e. The van der Waals surface area contributed by atoms with Crippen LogP contribution in [-0.4, -0.2) is 35.0 Å². The van der Waals surface area contributed by atoms with Crippen molar-refractivity contribution in [3.63, 3.8) is 0 Å². The molecule has 1 aromatic heterocycles. The second-order valence-electron chi connectivity index (χ2n) is 8.49. The van der Waals surface area contributed by atoms with Gasteiger partial charge >= 0.3 is 6.09 Å². The second kappa shape index (κ2) is 9.78. The first-order chi connectivity index (χ1) is 16.3. The number of primary amides is 1. The number of ether oxygens (including phenoxy) is 1. The fourth-order valence-electron chi connectivity index (χ4n) is 4.36. The van der Waals surface area contributed by atoms with Crippen LogP contribution in [0.4, 0.5) is 10.6 Å². The van der Waals surface area contributed by atoms with E-state index in [0.29, 0.717) is 18.7 Å². The summed E-state index contributed by atoms with van der Waals surface area (Å²) < 4.78 is 5.17. The fourth-order valence-corrected chi connectivity index (χ4v) is 4.36. The van der Waals surface area contributed by atoms with E-state index in [4.69, 9.17) is 16.2 Å². The largest absolute Gasteiger partial charge is 0.436 e. The Morgan fingerprint density at radius 2 is 1.79 bits per heavy atom. The predicted molar refractivity (Wildman–Crippen MR) is 127 cm³/mol. The molecule has 0 fully saturated rings. The maximum absolute atomic E-state index is 12.9. The third-order valence-electron chi connectivity index (χ3n) is 6.09. The maximum atomic E-state index is 12.9. The first-order valence-corrected chi connectivity index (χ1v) is 11.1. The number of rotatable bonds is 7. The van der Waals surface area contributed by atoms with Crippen molar-refractivity contribution in [2.24, 2.45) is 11.7 Å². The Bertz CT molecular complexity index is 1220. The Balaban J connectivity index is 1.36. The second-order valence-corrected chi connectivity index (χ2v) is 8.49. The summed E-state index contributed by atoms with van der Waals surface area (Å²) in [4.78, 5) is 41.1. The molecule has 2 aromatic carbocycles. The van der Waals surface area contributed by atoms with Crippen LogP contribution in [0, 0.1) is 5.92 Å². The van der Waals surface area contributed by atoms with Gasteiger partial charge in [-0.3, -0.25) is 9.59 Å². The average molecular weight is 462 g/mol. The Hall–Kier alpha value is -4.14. The van der Waals surface area contributed by atoms with Crippen LogP contribution < -0.4 is 22.1 Å². The lowest BCUT2D eigenvalue weighted by molar-refractivity contribution is -0.135. The van der Waals surface area contributed by atoms with Crippen molar-refractivity contribution in [2.45, 2.75) is 38.5 Å². The van der Waals surface area contributed by atoms with Crippen molar-refractivity contribution in [2.75, 3.05) is 5.73 Å². The van der Waals surface area contributed by atoms with Gasteiger partial charge in [-0.15, -0.1) is 0 Å². The Morgan fingerprint density at radius 3 is 2.47 bits per heavy atom. The molecule has 1 unspecified atom stereocenters. The lowest BCUT2D eigenvalue weighted by Gasteiger charge is -2.24. The van der Waals surface area contributed by atoms with Gasteiger partial charge in [0.2, 0.25) is 5.91 Å². The summed E-state index contributed by atoms with van der Waals surface area (Å²) in [7, 11) is 0. The van der Waals surface area contributed by atoms with Crippen LogP contribution in [0.2, 0.25) is 0 Å². The van der Waals surface area contributed by atoms with E-state index in [0.717, 1.165) is 27.5 Å². The van der Waals surface area contributed by atoms with Gasteiger partial charge in [0.15, 0.2) is 6.10 Å². The van der Waals surface area contributed by atoms with Crippen molar-refractivity contribution >= 4 is 34.5 Å². The minimum atomic E-state index is -1.08. The van der Waals surface area contributed by atoms with Crippen molar-refractivity contribution in [3.8, 4) is 0 Å². The number of benzene rings is 2. The number of pyridine rings is 1. The number of nitrogens with two attached hydrogens (primary N) is 2. The quantitative estimate of drug-likeness (QED) is 0.422. The number of anilines is 1. The number of hydrogen-bond donors (Lipinski definition) is 4. The minimum Gasteiger partial charge on any atom is -0.436 e. The lowest BCUT2D eigenvalue weighted by atomic mass is 9.98. The number of hydrogen-bond acceptors (Lipinski definition) is 6. The maximum Gasteiger partial charge on any atom is 0.405 e. The monoisotopic (exact) mass is 461 g/mol. The molecule has 3 aromatic rings. The van der Waals surface area contributed by atoms with Crippen LogP contribution >= 0.6 is 0 Å². The van der Waals surface area contributed by atoms with Gasteiger partial charge < -0.3 is 26.8 Å². The van der Waals surface area contributed by atoms with Crippen LogP contribution in [0.1, 0.15) is 23.6 Å². The Kier molecular flexibility index (Phi) is 6.62. The first-order valence-electron chi connectivity index (χ1n) is 11.1. The molecule has 9 nitrogen and oxygen atoms in total. The molecule has 2 atom stereocenters. The number of carbonyl (C=O) groups excluding carboxylic acids is 3. The van der Waals surface area contributed by atoms with Crippen molar-refractivity contribution < 1.29 is 19.1 Å². The van der Waals surface area contributed by atoms with E-state index in [-0.39, 0.29) is 18.4 Å². The SMILES string of the molecule is CC(NC(=O)[C@H](OC(N)=O)C1Cc2ccccc2C1)C(=O)NCc1ccc2c(N)nccc2c1. The van der Waals surface area contributed by atoms with Gasteiger partial charge in [0.05, 0.1) is 0 Å². The minimum absolute atomic E-state index is 0.250. The molecule has 176 valence electrons. The van der Waals surface area contributed by atoms with Crippen LogP contribution in [0.5, 0.6) is 0 Å². The van der Waals surface area contributed by atoms with E-state index in [1.807, 2.05) is 48.5 Å². The number of carbonyl (C=O) groups is 3. The molecule has 4 rings (SSSR count). The van der Waals surface area contributed by atoms with E-state index in [1.165, 1.54) is 0 Å². The fraction of sp³-hybridized carbons (Fsp3) is 0.280. The van der Waals surface area contributed by atoms with Crippen molar-refractivity contribution in [1.82, 2.24) is 15.6 Å². The molecule has 1 aliphatic rings. The van der Waals surface area contributed by atoms with Gasteiger partial charge in [-0.05, 0) is 54.0 Å². The first kappa shape index (κ1) is 23.0.